The highest BCUT2D eigenvalue weighted by atomic mass is 79.9. The van der Waals surface area contributed by atoms with Crippen molar-refractivity contribution in [3.05, 3.63) is 0 Å². The van der Waals surface area contributed by atoms with Crippen LogP contribution in [0.25, 0.3) is 0 Å². The maximum Gasteiger partial charge on any atom is 0.303 e. The number of halogens is 2. The van der Waals surface area contributed by atoms with Crippen LogP contribution in [0.1, 0.15) is 26.2 Å². The fourth-order valence-corrected chi connectivity index (χ4v) is 1.50. The SMILES string of the molecule is CC(=O)OC(C#CBr)CCCCBr. The smallest absolute Gasteiger partial charge is 0.303 e. The summed E-state index contributed by atoms with van der Waals surface area (Å²) in [6, 6.07) is 0. The minimum absolute atomic E-state index is 0.268. The highest BCUT2D eigenvalue weighted by Crippen LogP contribution is 2.06. The second-order valence-electron chi connectivity index (χ2n) is 2.52. The van der Waals surface area contributed by atoms with Gasteiger partial charge in [0.05, 0.1) is 0 Å². The molecule has 1 atom stereocenters. The van der Waals surface area contributed by atoms with Gasteiger partial charge in [0.25, 0.3) is 0 Å². The van der Waals surface area contributed by atoms with Crippen LogP contribution in [0.3, 0.4) is 0 Å². The van der Waals surface area contributed by atoms with Gasteiger partial charge in [-0.2, -0.15) is 0 Å². The van der Waals surface area contributed by atoms with Crippen LogP contribution >= 0.6 is 31.9 Å². The van der Waals surface area contributed by atoms with Crippen LogP contribution in [0, 0.1) is 10.8 Å². The van der Waals surface area contributed by atoms with Gasteiger partial charge in [-0.05, 0) is 30.0 Å². The molecule has 0 radical (unpaired) electrons. The van der Waals surface area contributed by atoms with Gasteiger partial charge >= 0.3 is 5.97 Å². The van der Waals surface area contributed by atoms with Gasteiger partial charge in [0.2, 0.25) is 0 Å². The fraction of sp³-hybridized carbons (Fsp3) is 0.667. The summed E-state index contributed by atoms with van der Waals surface area (Å²) in [5.41, 5.74) is 0. The van der Waals surface area contributed by atoms with Crippen molar-refractivity contribution in [1.29, 1.82) is 0 Å². The zero-order valence-corrected chi connectivity index (χ0v) is 10.7. The first-order valence-corrected chi connectivity index (χ1v) is 5.96. The second-order valence-corrected chi connectivity index (χ2v) is 3.71. The Balaban J connectivity index is 3.78. The van der Waals surface area contributed by atoms with Gasteiger partial charge in [-0.25, -0.2) is 0 Å². The number of ether oxygens (including phenoxy) is 1. The van der Waals surface area contributed by atoms with E-state index in [-0.39, 0.29) is 12.1 Å². The Kier molecular flexibility index (Phi) is 8.58. The minimum atomic E-state index is -0.279. The molecule has 4 heteroatoms. The zero-order valence-electron chi connectivity index (χ0n) is 7.48. The van der Waals surface area contributed by atoms with Crippen molar-refractivity contribution in [2.45, 2.75) is 32.3 Å². The van der Waals surface area contributed by atoms with Gasteiger partial charge in [0.1, 0.15) is 0 Å². The number of carbonyl (C=O) groups is 1. The summed E-state index contributed by atoms with van der Waals surface area (Å²) in [6.07, 6.45) is 2.60. The normalized spacial score (nSPS) is 11.3. The molecule has 0 aliphatic carbocycles. The van der Waals surface area contributed by atoms with E-state index in [1.165, 1.54) is 6.92 Å². The first-order chi connectivity index (χ1) is 6.20. The average Bonchev–Trinajstić information content (AvgIpc) is 2.04. The third-order valence-electron chi connectivity index (χ3n) is 1.37. The van der Waals surface area contributed by atoms with Crippen molar-refractivity contribution >= 4 is 37.8 Å². The topological polar surface area (TPSA) is 26.3 Å². The van der Waals surface area contributed by atoms with Crippen LogP contribution < -0.4 is 0 Å². The van der Waals surface area contributed by atoms with Crippen molar-refractivity contribution in [1.82, 2.24) is 0 Å². The highest BCUT2D eigenvalue weighted by molar-refractivity contribution is 9.12. The quantitative estimate of drug-likeness (QED) is 0.338. The molecule has 0 aromatic rings. The lowest BCUT2D eigenvalue weighted by Gasteiger charge is -2.09. The summed E-state index contributed by atoms with van der Waals surface area (Å²) in [5.74, 6) is 2.50. The summed E-state index contributed by atoms with van der Waals surface area (Å²) in [4.78, 5) is 13.2. The van der Waals surface area contributed by atoms with Crippen molar-refractivity contribution in [3.8, 4) is 10.8 Å². The maximum absolute atomic E-state index is 10.6. The molecule has 0 fully saturated rings. The van der Waals surface area contributed by atoms with Crippen molar-refractivity contribution in [3.63, 3.8) is 0 Å². The molecule has 1 unspecified atom stereocenters. The standard InChI is InChI=1S/C9H12Br2O2/c1-8(12)13-9(5-7-11)4-2-3-6-10/h9H,2-4,6H2,1H3. The summed E-state index contributed by atoms with van der Waals surface area (Å²) >= 11 is 6.32. The Morgan fingerprint density at radius 1 is 1.54 bits per heavy atom. The summed E-state index contributed by atoms with van der Waals surface area (Å²) in [7, 11) is 0. The molecule has 0 saturated carbocycles. The van der Waals surface area contributed by atoms with E-state index in [0.29, 0.717) is 0 Å². The van der Waals surface area contributed by atoms with Crippen LogP contribution in [0.4, 0.5) is 0 Å². The van der Waals surface area contributed by atoms with Gasteiger partial charge in [-0.15, -0.1) is 0 Å². The number of esters is 1. The van der Waals surface area contributed by atoms with Crippen LogP contribution in [0.5, 0.6) is 0 Å². The van der Waals surface area contributed by atoms with E-state index in [2.05, 4.69) is 42.6 Å². The molecule has 2 nitrogen and oxygen atoms in total. The molecule has 13 heavy (non-hydrogen) atoms. The highest BCUT2D eigenvalue weighted by Gasteiger charge is 2.07. The fourth-order valence-electron chi connectivity index (χ4n) is 0.846. The minimum Gasteiger partial charge on any atom is -0.449 e. The molecule has 74 valence electrons. The molecule has 0 heterocycles. The molecule has 0 bridgehead atoms. The first-order valence-electron chi connectivity index (χ1n) is 4.05. The van der Waals surface area contributed by atoms with Crippen LogP contribution in [-0.4, -0.2) is 17.4 Å². The predicted molar refractivity (Wildman–Crippen MR) is 59.9 cm³/mol. The van der Waals surface area contributed by atoms with Gasteiger partial charge in [0, 0.05) is 28.2 Å². The molecule has 0 aliphatic rings. The molecule has 0 aliphatic heterocycles. The Bertz CT molecular complexity index is 205. The summed E-state index contributed by atoms with van der Waals surface area (Å²) < 4.78 is 4.98. The summed E-state index contributed by atoms with van der Waals surface area (Å²) in [5, 5.41) is 0.974. The molecule has 0 N–H and O–H groups in total. The van der Waals surface area contributed by atoms with Gasteiger partial charge < -0.3 is 4.74 Å². The molecular weight excluding hydrogens is 300 g/mol. The third kappa shape index (κ3) is 8.32. The Morgan fingerprint density at radius 3 is 2.69 bits per heavy atom. The largest absolute Gasteiger partial charge is 0.449 e. The van der Waals surface area contributed by atoms with Gasteiger partial charge in [0.15, 0.2) is 6.10 Å². The Hall–Kier alpha value is -0.0100. The van der Waals surface area contributed by atoms with Gasteiger partial charge in [-0.3, -0.25) is 4.79 Å². The van der Waals surface area contributed by atoms with Crippen molar-refractivity contribution in [2.24, 2.45) is 0 Å². The second kappa shape index (κ2) is 8.58. The molecule has 0 saturated heterocycles. The van der Waals surface area contributed by atoms with Gasteiger partial charge in [-0.1, -0.05) is 15.9 Å². The number of hydrogen-bond donors (Lipinski definition) is 0. The van der Waals surface area contributed by atoms with E-state index in [9.17, 15) is 4.79 Å². The lowest BCUT2D eigenvalue weighted by Crippen LogP contribution is -2.14. The van der Waals surface area contributed by atoms with E-state index in [1.807, 2.05) is 0 Å². The van der Waals surface area contributed by atoms with Crippen LogP contribution in [-0.2, 0) is 9.53 Å². The number of alkyl halides is 1. The number of carbonyl (C=O) groups excluding carboxylic acids is 1. The monoisotopic (exact) mass is 310 g/mol. The van der Waals surface area contributed by atoms with E-state index >= 15 is 0 Å². The third-order valence-corrected chi connectivity index (χ3v) is 2.16. The van der Waals surface area contributed by atoms with Crippen LogP contribution in [0.15, 0.2) is 0 Å². The average molecular weight is 312 g/mol. The zero-order chi connectivity index (χ0) is 10.1. The number of unbranched alkanes of at least 4 members (excludes halogenated alkanes) is 1. The van der Waals surface area contributed by atoms with Crippen molar-refractivity contribution in [2.75, 3.05) is 5.33 Å². The molecular formula is C9H12Br2O2. The van der Waals surface area contributed by atoms with Crippen LogP contribution in [0.2, 0.25) is 0 Å². The van der Waals surface area contributed by atoms with E-state index in [1.54, 1.807) is 0 Å². The Morgan fingerprint density at radius 2 is 2.23 bits per heavy atom. The first kappa shape index (κ1) is 13.0. The molecule has 0 rings (SSSR count). The molecule has 0 aromatic heterocycles. The molecule has 0 aromatic carbocycles. The van der Waals surface area contributed by atoms with E-state index in [4.69, 9.17) is 4.74 Å². The van der Waals surface area contributed by atoms with Crippen molar-refractivity contribution < 1.29 is 9.53 Å². The Labute approximate surface area is 95.7 Å². The maximum atomic E-state index is 10.6. The van der Waals surface area contributed by atoms with E-state index < -0.39 is 0 Å². The van der Waals surface area contributed by atoms with E-state index in [0.717, 1.165) is 24.6 Å². The number of rotatable bonds is 5. The summed E-state index contributed by atoms with van der Waals surface area (Å²) in [6.45, 7) is 1.40. The lowest BCUT2D eigenvalue weighted by atomic mass is 10.2. The number of hydrogen-bond acceptors (Lipinski definition) is 2. The molecule has 0 amide bonds. The molecule has 0 spiro atoms. The predicted octanol–water partition coefficient (Wildman–Crippen LogP) is 2.84. The lowest BCUT2D eigenvalue weighted by molar-refractivity contribution is -0.143.